The van der Waals surface area contributed by atoms with Gasteiger partial charge < -0.3 is 9.84 Å². The van der Waals surface area contributed by atoms with Gasteiger partial charge in [0.2, 0.25) is 0 Å². The molecule has 0 saturated heterocycles. The number of aliphatic carboxylic acids is 1. The molecule has 0 bridgehead atoms. The highest BCUT2D eigenvalue weighted by atomic mass is 16.5. The maximum Gasteiger partial charge on any atom is 0.313 e. The lowest BCUT2D eigenvalue weighted by molar-refractivity contribution is -0.166. The Balaban J connectivity index is 1.63. The molecule has 4 rings (SSSR count). The zero-order valence-electron chi connectivity index (χ0n) is 15.3. The molecular formula is C23H24O4. The van der Waals surface area contributed by atoms with Gasteiger partial charge in [-0.25, -0.2) is 0 Å². The lowest BCUT2D eigenvalue weighted by Crippen LogP contribution is -2.42. The van der Waals surface area contributed by atoms with Gasteiger partial charge in [0.25, 0.3) is 0 Å². The van der Waals surface area contributed by atoms with E-state index in [0.717, 1.165) is 24.0 Å². The van der Waals surface area contributed by atoms with Crippen molar-refractivity contribution < 1.29 is 19.4 Å². The Morgan fingerprint density at radius 3 is 2.11 bits per heavy atom. The van der Waals surface area contributed by atoms with Gasteiger partial charge >= 0.3 is 11.9 Å². The Labute approximate surface area is 159 Å². The molecule has 2 aromatic carbocycles. The molecule has 4 heteroatoms. The van der Waals surface area contributed by atoms with Gasteiger partial charge in [-0.2, -0.15) is 0 Å². The third-order valence-corrected chi connectivity index (χ3v) is 6.23. The van der Waals surface area contributed by atoms with E-state index in [-0.39, 0.29) is 18.0 Å². The predicted octanol–water partition coefficient (Wildman–Crippen LogP) is 4.23. The minimum absolute atomic E-state index is 0.0175. The monoisotopic (exact) mass is 364 g/mol. The molecule has 2 atom stereocenters. The largest absolute Gasteiger partial charge is 0.481 e. The van der Waals surface area contributed by atoms with E-state index in [1.54, 1.807) is 0 Å². The highest BCUT2D eigenvalue weighted by molar-refractivity contribution is 5.86. The zero-order valence-corrected chi connectivity index (χ0v) is 15.3. The van der Waals surface area contributed by atoms with Crippen LogP contribution in [0.1, 0.15) is 36.8 Å². The highest BCUT2D eigenvalue weighted by Crippen LogP contribution is 2.67. The summed E-state index contributed by atoms with van der Waals surface area (Å²) in [4.78, 5) is 25.4. The molecule has 2 aromatic rings. The van der Waals surface area contributed by atoms with Gasteiger partial charge in [-0.05, 0) is 48.6 Å². The van der Waals surface area contributed by atoms with Gasteiger partial charge in [0.05, 0.1) is 11.3 Å². The lowest BCUT2D eigenvalue weighted by atomic mass is 9.72. The third-order valence-electron chi connectivity index (χ3n) is 6.23. The van der Waals surface area contributed by atoms with Crippen LogP contribution in [0.15, 0.2) is 60.7 Å². The summed E-state index contributed by atoms with van der Waals surface area (Å²) < 4.78 is 5.69. The minimum atomic E-state index is -0.988. The van der Waals surface area contributed by atoms with Crippen LogP contribution in [0.5, 0.6) is 0 Å². The maximum atomic E-state index is 13.3. The molecule has 140 valence electrons. The van der Waals surface area contributed by atoms with Gasteiger partial charge in [0.15, 0.2) is 0 Å². The van der Waals surface area contributed by atoms with E-state index in [1.165, 1.54) is 0 Å². The van der Waals surface area contributed by atoms with Crippen molar-refractivity contribution in [2.24, 2.45) is 16.7 Å². The first-order chi connectivity index (χ1) is 13.0. The average molecular weight is 364 g/mol. The van der Waals surface area contributed by atoms with E-state index < -0.39 is 17.3 Å². The summed E-state index contributed by atoms with van der Waals surface area (Å²) in [6, 6.07) is 19.2. The lowest BCUT2D eigenvalue weighted by Gasteiger charge is -2.31. The Kier molecular flexibility index (Phi) is 4.50. The smallest absolute Gasteiger partial charge is 0.313 e. The number of esters is 1. The quantitative estimate of drug-likeness (QED) is 0.779. The third kappa shape index (κ3) is 3.48. The first kappa shape index (κ1) is 17.8. The van der Waals surface area contributed by atoms with Crippen molar-refractivity contribution >= 4 is 11.9 Å². The van der Waals surface area contributed by atoms with Crippen molar-refractivity contribution in [1.82, 2.24) is 0 Å². The molecule has 2 fully saturated rings. The molecule has 0 aliphatic heterocycles. The fourth-order valence-electron chi connectivity index (χ4n) is 4.67. The number of benzene rings is 2. The number of hydrogen-bond acceptors (Lipinski definition) is 3. The molecule has 27 heavy (non-hydrogen) atoms. The summed E-state index contributed by atoms with van der Waals surface area (Å²) in [5.74, 6) is -1.94. The number of carboxylic acid groups (broad SMARTS) is 1. The highest BCUT2D eigenvalue weighted by Gasteiger charge is 2.65. The number of carboxylic acids is 1. The molecule has 0 heterocycles. The van der Waals surface area contributed by atoms with Gasteiger partial charge in [0.1, 0.15) is 6.61 Å². The van der Waals surface area contributed by atoms with Gasteiger partial charge in [-0.15, -0.1) is 0 Å². The van der Waals surface area contributed by atoms with Crippen molar-refractivity contribution in [3.05, 3.63) is 71.8 Å². The summed E-state index contributed by atoms with van der Waals surface area (Å²) >= 11 is 0. The van der Waals surface area contributed by atoms with Crippen LogP contribution in [0.25, 0.3) is 0 Å². The molecule has 2 aliphatic carbocycles. The molecule has 4 nitrogen and oxygen atoms in total. The van der Waals surface area contributed by atoms with E-state index >= 15 is 0 Å². The molecule has 2 unspecified atom stereocenters. The van der Waals surface area contributed by atoms with E-state index in [0.29, 0.717) is 19.3 Å². The second-order valence-electron chi connectivity index (χ2n) is 8.15. The van der Waals surface area contributed by atoms with Crippen LogP contribution in [-0.4, -0.2) is 17.0 Å². The number of carbonyl (C=O) groups is 2. The zero-order chi connectivity index (χ0) is 18.9. The molecule has 2 aliphatic rings. The molecule has 0 radical (unpaired) electrons. The second-order valence-corrected chi connectivity index (χ2v) is 8.15. The molecule has 0 aromatic heterocycles. The van der Waals surface area contributed by atoms with Crippen molar-refractivity contribution in [2.75, 3.05) is 0 Å². The van der Waals surface area contributed by atoms with Crippen molar-refractivity contribution in [1.29, 1.82) is 0 Å². The standard InChI is InChI=1S/C23H24O4/c24-20(25)19-14-22(11-12-22)16-23(19,13-17-7-3-1-4-8-17)21(26)27-15-18-9-5-2-6-10-18/h1-10,19H,11-16H2,(H,24,25). The van der Waals surface area contributed by atoms with E-state index in [2.05, 4.69) is 0 Å². The average Bonchev–Trinajstić information content (AvgIpc) is 3.35. The van der Waals surface area contributed by atoms with Crippen molar-refractivity contribution in [2.45, 2.75) is 38.7 Å². The summed E-state index contributed by atoms with van der Waals surface area (Å²) in [6.07, 6.45) is 3.63. The van der Waals surface area contributed by atoms with E-state index in [4.69, 9.17) is 4.74 Å². The van der Waals surface area contributed by atoms with Crippen LogP contribution in [0.2, 0.25) is 0 Å². The molecular weight excluding hydrogens is 340 g/mol. The van der Waals surface area contributed by atoms with Crippen molar-refractivity contribution in [3.63, 3.8) is 0 Å². The number of ether oxygens (including phenoxy) is 1. The second kappa shape index (κ2) is 6.84. The van der Waals surface area contributed by atoms with E-state index in [1.807, 2.05) is 60.7 Å². The maximum absolute atomic E-state index is 13.3. The van der Waals surface area contributed by atoms with Gasteiger partial charge in [0, 0.05) is 0 Å². The fraction of sp³-hybridized carbons (Fsp3) is 0.391. The molecule has 2 saturated carbocycles. The summed E-state index contributed by atoms with van der Waals surface area (Å²) in [5, 5.41) is 9.91. The number of rotatable bonds is 6. The number of hydrogen-bond donors (Lipinski definition) is 1. The molecule has 0 amide bonds. The first-order valence-corrected chi connectivity index (χ1v) is 9.51. The normalized spacial score (nSPS) is 25.3. The Morgan fingerprint density at radius 2 is 1.56 bits per heavy atom. The summed E-state index contributed by atoms with van der Waals surface area (Å²) in [5.41, 5.74) is 0.923. The Morgan fingerprint density at radius 1 is 0.963 bits per heavy atom. The van der Waals surface area contributed by atoms with Gasteiger partial charge in [-0.1, -0.05) is 60.7 Å². The minimum Gasteiger partial charge on any atom is -0.481 e. The topological polar surface area (TPSA) is 63.6 Å². The summed E-state index contributed by atoms with van der Waals surface area (Å²) in [6.45, 7) is 0.176. The SMILES string of the molecule is O=C(O)C1CC2(CC2)CC1(Cc1ccccc1)C(=O)OCc1ccccc1. The van der Waals surface area contributed by atoms with Crippen LogP contribution >= 0.6 is 0 Å². The van der Waals surface area contributed by atoms with Crippen LogP contribution in [-0.2, 0) is 27.4 Å². The van der Waals surface area contributed by atoms with E-state index in [9.17, 15) is 14.7 Å². The van der Waals surface area contributed by atoms with Crippen LogP contribution < -0.4 is 0 Å². The molecule has 1 N–H and O–H groups in total. The Bertz CT molecular complexity index is 826. The van der Waals surface area contributed by atoms with Crippen LogP contribution in [0.3, 0.4) is 0 Å². The fourth-order valence-corrected chi connectivity index (χ4v) is 4.67. The predicted molar refractivity (Wildman–Crippen MR) is 101 cm³/mol. The Hall–Kier alpha value is -2.62. The number of carbonyl (C=O) groups excluding carboxylic acids is 1. The van der Waals surface area contributed by atoms with Crippen molar-refractivity contribution in [3.8, 4) is 0 Å². The van der Waals surface area contributed by atoms with Crippen LogP contribution in [0.4, 0.5) is 0 Å². The van der Waals surface area contributed by atoms with Crippen LogP contribution in [0, 0.1) is 16.7 Å². The van der Waals surface area contributed by atoms with Gasteiger partial charge in [-0.3, -0.25) is 9.59 Å². The summed E-state index contributed by atoms with van der Waals surface area (Å²) in [7, 11) is 0. The molecule has 1 spiro atoms. The first-order valence-electron chi connectivity index (χ1n) is 9.51.